The SMILES string of the molecule is C=CCn1c(=NC(=O)Cc2ccc(S(C)(=O)=O)cc2)sc2cc(C(=O)OC)ccc21. The Morgan fingerprint density at radius 1 is 1.20 bits per heavy atom. The van der Waals surface area contributed by atoms with E-state index in [0.29, 0.717) is 22.5 Å². The number of benzene rings is 2. The van der Waals surface area contributed by atoms with Crippen molar-refractivity contribution >= 4 is 43.3 Å². The molecule has 1 heterocycles. The number of hydrogen-bond donors (Lipinski definition) is 0. The minimum atomic E-state index is -3.29. The zero-order valence-corrected chi connectivity index (χ0v) is 18.1. The van der Waals surface area contributed by atoms with Gasteiger partial charge >= 0.3 is 5.97 Å². The molecule has 0 saturated carbocycles. The third kappa shape index (κ3) is 4.74. The maximum Gasteiger partial charge on any atom is 0.337 e. The van der Waals surface area contributed by atoms with E-state index in [-0.39, 0.29) is 17.2 Å². The number of carbonyl (C=O) groups excluding carboxylic acids is 2. The van der Waals surface area contributed by atoms with Gasteiger partial charge in [0, 0.05) is 12.8 Å². The zero-order chi connectivity index (χ0) is 21.9. The molecule has 0 bridgehead atoms. The summed E-state index contributed by atoms with van der Waals surface area (Å²) >= 11 is 1.29. The monoisotopic (exact) mass is 444 g/mol. The van der Waals surface area contributed by atoms with E-state index in [1.165, 1.54) is 30.6 Å². The van der Waals surface area contributed by atoms with Gasteiger partial charge in [-0.05, 0) is 35.9 Å². The van der Waals surface area contributed by atoms with E-state index < -0.39 is 15.8 Å². The van der Waals surface area contributed by atoms with Gasteiger partial charge in [-0.1, -0.05) is 29.5 Å². The minimum Gasteiger partial charge on any atom is -0.465 e. The van der Waals surface area contributed by atoms with E-state index >= 15 is 0 Å². The highest BCUT2D eigenvalue weighted by atomic mass is 32.2. The van der Waals surface area contributed by atoms with Gasteiger partial charge in [-0.3, -0.25) is 4.79 Å². The smallest absolute Gasteiger partial charge is 0.337 e. The molecule has 0 N–H and O–H groups in total. The van der Waals surface area contributed by atoms with Crippen LogP contribution in [0.2, 0.25) is 0 Å². The average Bonchev–Trinajstić information content (AvgIpc) is 3.03. The molecule has 30 heavy (non-hydrogen) atoms. The number of carbonyl (C=O) groups is 2. The summed E-state index contributed by atoms with van der Waals surface area (Å²) in [4.78, 5) is 29.2. The number of thiazole rings is 1. The minimum absolute atomic E-state index is 0.0415. The lowest BCUT2D eigenvalue weighted by molar-refractivity contribution is -0.117. The number of esters is 1. The molecule has 1 amide bonds. The first-order valence-corrected chi connectivity index (χ1v) is 11.6. The Bertz CT molecular complexity index is 1300. The van der Waals surface area contributed by atoms with Crippen molar-refractivity contribution in [3.8, 4) is 0 Å². The van der Waals surface area contributed by atoms with Gasteiger partial charge in [-0.25, -0.2) is 13.2 Å². The number of nitrogens with zero attached hydrogens (tertiary/aromatic N) is 2. The summed E-state index contributed by atoms with van der Waals surface area (Å²) < 4.78 is 30.5. The van der Waals surface area contributed by atoms with Crippen LogP contribution in [0, 0.1) is 0 Å². The number of fused-ring (bicyclic) bond motifs is 1. The van der Waals surface area contributed by atoms with Crippen molar-refractivity contribution in [3.05, 3.63) is 71.0 Å². The number of amides is 1. The van der Waals surface area contributed by atoms with Crippen molar-refractivity contribution in [2.45, 2.75) is 17.9 Å². The fourth-order valence-electron chi connectivity index (χ4n) is 2.88. The highest BCUT2D eigenvalue weighted by Gasteiger charge is 2.12. The number of ether oxygens (including phenoxy) is 1. The number of sulfone groups is 1. The molecule has 156 valence electrons. The average molecular weight is 445 g/mol. The second kappa shape index (κ2) is 8.76. The first-order chi connectivity index (χ1) is 14.2. The van der Waals surface area contributed by atoms with Crippen LogP contribution in [0.4, 0.5) is 0 Å². The zero-order valence-electron chi connectivity index (χ0n) is 16.5. The van der Waals surface area contributed by atoms with Gasteiger partial charge in [0.2, 0.25) is 0 Å². The molecule has 0 aliphatic rings. The summed E-state index contributed by atoms with van der Waals surface area (Å²) in [6.45, 7) is 4.20. The number of aromatic nitrogens is 1. The predicted molar refractivity (Wildman–Crippen MR) is 115 cm³/mol. The second-order valence-electron chi connectivity index (χ2n) is 6.56. The van der Waals surface area contributed by atoms with Gasteiger partial charge in [0.25, 0.3) is 5.91 Å². The molecule has 3 aromatic rings. The summed E-state index contributed by atoms with van der Waals surface area (Å²) in [5, 5.41) is 0. The Morgan fingerprint density at radius 2 is 1.90 bits per heavy atom. The van der Waals surface area contributed by atoms with Crippen molar-refractivity contribution in [1.29, 1.82) is 0 Å². The molecular formula is C21H20N2O5S2. The quantitative estimate of drug-likeness (QED) is 0.430. The third-order valence-electron chi connectivity index (χ3n) is 4.34. The van der Waals surface area contributed by atoms with Crippen molar-refractivity contribution < 1.29 is 22.7 Å². The van der Waals surface area contributed by atoms with E-state index in [1.54, 1.807) is 36.4 Å². The number of methoxy groups -OCH3 is 1. The van der Waals surface area contributed by atoms with Crippen molar-refractivity contribution in [3.63, 3.8) is 0 Å². The largest absolute Gasteiger partial charge is 0.465 e. The maximum atomic E-state index is 12.5. The summed E-state index contributed by atoms with van der Waals surface area (Å²) in [5.41, 5.74) is 1.91. The lowest BCUT2D eigenvalue weighted by Crippen LogP contribution is -2.17. The van der Waals surface area contributed by atoms with Crippen LogP contribution < -0.4 is 4.80 Å². The molecule has 7 nitrogen and oxygen atoms in total. The van der Waals surface area contributed by atoms with Crippen LogP contribution in [0.1, 0.15) is 15.9 Å². The van der Waals surface area contributed by atoms with E-state index in [4.69, 9.17) is 4.74 Å². The van der Waals surface area contributed by atoms with Crippen LogP contribution in [0.15, 0.2) is 65.0 Å². The molecule has 0 atom stereocenters. The van der Waals surface area contributed by atoms with Gasteiger partial charge in [0.15, 0.2) is 14.6 Å². The van der Waals surface area contributed by atoms with Gasteiger partial charge in [0.1, 0.15) is 0 Å². The van der Waals surface area contributed by atoms with Gasteiger partial charge in [0.05, 0.1) is 34.2 Å². The van der Waals surface area contributed by atoms with Crippen LogP contribution in [-0.2, 0) is 32.3 Å². The molecule has 2 aromatic carbocycles. The molecule has 0 aliphatic heterocycles. The second-order valence-corrected chi connectivity index (χ2v) is 9.58. The standard InChI is InChI=1S/C21H20N2O5S2/c1-4-11-23-17-10-7-15(20(25)28-2)13-18(17)29-21(23)22-19(24)12-14-5-8-16(9-6-14)30(3,26)27/h4-10,13H,1,11-12H2,2-3H3. The summed E-state index contributed by atoms with van der Waals surface area (Å²) in [7, 11) is -1.97. The molecule has 0 radical (unpaired) electrons. The van der Waals surface area contributed by atoms with E-state index in [9.17, 15) is 18.0 Å². The molecule has 0 fully saturated rings. The highest BCUT2D eigenvalue weighted by molar-refractivity contribution is 7.90. The van der Waals surface area contributed by atoms with Crippen molar-refractivity contribution in [2.75, 3.05) is 13.4 Å². The van der Waals surface area contributed by atoms with E-state index in [1.807, 2.05) is 4.57 Å². The molecule has 0 unspecified atom stereocenters. The molecule has 1 aromatic heterocycles. The Hall–Kier alpha value is -3.04. The van der Waals surface area contributed by atoms with Crippen LogP contribution in [0.5, 0.6) is 0 Å². The number of rotatable bonds is 6. The topological polar surface area (TPSA) is 94.8 Å². The molecule has 3 rings (SSSR count). The van der Waals surface area contributed by atoms with E-state index in [2.05, 4.69) is 11.6 Å². The summed E-state index contributed by atoms with van der Waals surface area (Å²) in [5.74, 6) is -0.799. The molecule has 0 aliphatic carbocycles. The fraction of sp³-hybridized carbons (Fsp3) is 0.190. The maximum absolute atomic E-state index is 12.5. The van der Waals surface area contributed by atoms with Crippen molar-refractivity contribution in [1.82, 2.24) is 4.57 Å². The lowest BCUT2D eigenvalue weighted by atomic mass is 10.1. The number of hydrogen-bond acceptors (Lipinski definition) is 6. The molecule has 0 spiro atoms. The molecule has 9 heteroatoms. The molecule has 0 saturated heterocycles. The van der Waals surface area contributed by atoms with Crippen LogP contribution in [-0.4, -0.2) is 38.2 Å². The van der Waals surface area contributed by atoms with Gasteiger partial charge in [-0.2, -0.15) is 4.99 Å². The summed E-state index contributed by atoms with van der Waals surface area (Å²) in [6.07, 6.45) is 2.88. The normalized spacial score (nSPS) is 12.1. The summed E-state index contributed by atoms with van der Waals surface area (Å²) in [6, 6.07) is 11.3. The Labute approximate surface area is 177 Å². The first kappa shape index (κ1) is 21.7. The van der Waals surface area contributed by atoms with Crippen LogP contribution in [0.3, 0.4) is 0 Å². The number of allylic oxidation sites excluding steroid dienone is 1. The highest BCUT2D eigenvalue weighted by Crippen LogP contribution is 2.20. The van der Waals surface area contributed by atoms with E-state index in [0.717, 1.165) is 16.5 Å². The van der Waals surface area contributed by atoms with Crippen molar-refractivity contribution in [2.24, 2.45) is 4.99 Å². The molecular weight excluding hydrogens is 424 g/mol. The fourth-order valence-corrected chi connectivity index (χ4v) is 4.61. The first-order valence-electron chi connectivity index (χ1n) is 8.92. The van der Waals surface area contributed by atoms with Crippen LogP contribution >= 0.6 is 11.3 Å². The van der Waals surface area contributed by atoms with Crippen LogP contribution in [0.25, 0.3) is 10.2 Å². The van der Waals surface area contributed by atoms with Gasteiger partial charge in [-0.15, -0.1) is 6.58 Å². The Kier molecular flexibility index (Phi) is 6.33. The third-order valence-corrected chi connectivity index (χ3v) is 6.51. The Balaban J connectivity index is 1.95. The van der Waals surface area contributed by atoms with Gasteiger partial charge < -0.3 is 9.30 Å². The predicted octanol–water partition coefficient (Wildman–Crippen LogP) is 2.75. The lowest BCUT2D eigenvalue weighted by Gasteiger charge is -2.03. The Morgan fingerprint density at radius 3 is 2.50 bits per heavy atom.